The Labute approximate surface area is 149 Å². The molecule has 0 amide bonds. The maximum absolute atomic E-state index is 12.7. The van der Waals surface area contributed by atoms with E-state index in [0.717, 1.165) is 49.3 Å². The molecule has 2 aromatic heterocycles. The first-order chi connectivity index (χ1) is 12.1. The SMILES string of the molecule is FC(F)Cc1cc2c(s1)C1(CCN(Cc3cncnc3)CC1)OCC2. The summed E-state index contributed by atoms with van der Waals surface area (Å²) in [6, 6.07) is 1.98. The summed E-state index contributed by atoms with van der Waals surface area (Å²) in [6.07, 6.45) is 5.46. The predicted octanol–water partition coefficient (Wildman–Crippen LogP) is 3.41. The molecule has 1 saturated heterocycles. The van der Waals surface area contributed by atoms with E-state index < -0.39 is 6.43 Å². The first-order valence-corrected chi connectivity index (χ1v) is 9.47. The molecule has 0 saturated carbocycles. The summed E-state index contributed by atoms with van der Waals surface area (Å²) in [5.41, 5.74) is 2.05. The van der Waals surface area contributed by atoms with Crippen molar-refractivity contribution >= 4 is 11.3 Å². The first-order valence-electron chi connectivity index (χ1n) is 8.65. The lowest BCUT2D eigenvalue weighted by molar-refractivity contribution is -0.0960. The number of likely N-dealkylation sites (tertiary alicyclic amines) is 1. The molecule has 0 radical (unpaired) electrons. The molecule has 4 rings (SSSR count). The van der Waals surface area contributed by atoms with Gasteiger partial charge in [0, 0.05) is 53.8 Å². The van der Waals surface area contributed by atoms with Crippen LogP contribution in [0.2, 0.25) is 0 Å². The molecule has 2 aliphatic rings. The van der Waals surface area contributed by atoms with Gasteiger partial charge in [-0.15, -0.1) is 11.3 Å². The Morgan fingerprint density at radius 3 is 2.72 bits per heavy atom. The van der Waals surface area contributed by atoms with Gasteiger partial charge in [0.25, 0.3) is 0 Å². The van der Waals surface area contributed by atoms with Crippen LogP contribution in [0.25, 0.3) is 0 Å². The van der Waals surface area contributed by atoms with Crippen LogP contribution in [0.15, 0.2) is 24.8 Å². The largest absolute Gasteiger partial charge is 0.369 e. The fraction of sp³-hybridized carbons (Fsp3) is 0.556. The zero-order valence-corrected chi connectivity index (χ0v) is 14.8. The monoisotopic (exact) mass is 365 g/mol. The van der Waals surface area contributed by atoms with Crippen LogP contribution in [0.3, 0.4) is 0 Å². The summed E-state index contributed by atoms with van der Waals surface area (Å²) in [5.74, 6) is 0. The molecule has 0 aliphatic carbocycles. The number of ether oxygens (including phenoxy) is 1. The van der Waals surface area contributed by atoms with Gasteiger partial charge in [0.2, 0.25) is 6.43 Å². The van der Waals surface area contributed by atoms with E-state index in [-0.39, 0.29) is 12.0 Å². The molecule has 0 aromatic carbocycles. The average molecular weight is 365 g/mol. The lowest BCUT2D eigenvalue weighted by atomic mass is 9.85. The van der Waals surface area contributed by atoms with E-state index >= 15 is 0 Å². The van der Waals surface area contributed by atoms with E-state index in [1.54, 1.807) is 6.33 Å². The zero-order chi connectivity index (χ0) is 17.3. The van der Waals surface area contributed by atoms with Gasteiger partial charge in [-0.05, 0) is 30.9 Å². The van der Waals surface area contributed by atoms with Gasteiger partial charge in [-0.25, -0.2) is 18.7 Å². The fourth-order valence-corrected chi connectivity index (χ4v) is 5.26. The van der Waals surface area contributed by atoms with Gasteiger partial charge in [-0.1, -0.05) is 0 Å². The number of hydrogen-bond donors (Lipinski definition) is 0. The second-order valence-electron chi connectivity index (χ2n) is 6.78. The van der Waals surface area contributed by atoms with E-state index in [1.807, 2.05) is 18.5 Å². The number of thiophene rings is 1. The van der Waals surface area contributed by atoms with Crippen molar-refractivity contribution < 1.29 is 13.5 Å². The third-order valence-corrected chi connectivity index (χ3v) is 6.45. The van der Waals surface area contributed by atoms with Crippen molar-refractivity contribution in [2.24, 2.45) is 0 Å². The van der Waals surface area contributed by atoms with E-state index in [1.165, 1.54) is 21.8 Å². The molecule has 0 unspecified atom stereocenters. The van der Waals surface area contributed by atoms with Gasteiger partial charge in [-0.2, -0.15) is 0 Å². The van der Waals surface area contributed by atoms with E-state index in [0.29, 0.717) is 6.61 Å². The van der Waals surface area contributed by atoms with Crippen molar-refractivity contribution in [3.63, 3.8) is 0 Å². The summed E-state index contributed by atoms with van der Waals surface area (Å²) in [7, 11) is 0. The maximum Gasteiger partial charge on any atom is 0.243 e. The molecule has 0 N–H and O–H groups in total. The Morgan fingerprint density at radius 2 is 2.00 bits per heavy atom. The summed E-state index contributed by atoms with van der Waals surface area (Å²) < 4.78 is 31.7. The molecule has 25 heavy (non-hydrogen) atoms. The Bertz CT molecular complexity index is 714. The van der Waals surface area contributed by atoms with E-state index in [2.05, 4.69) is 14.9 Å². The zero-order valence-electron chi connectivity index (χ0n) is 14.0. The summed E-state index contributed by atoms with van der Waals surface area (Å²) >= 11 is 1.53. The van der Waals surface area contributed by atoms with Crippen molar-refractivity contribution in [2.75, 3.05) is 19.7 Å². The smallest absolute Gasteiger partial charge is 0.243 e. The number of alkyl halides is 2. The van der Waals surface area contributed by atoms with Crippen LogP contribution in [-0.4, -0.2) is 41.0 Å². The molecule has 4 nitrogen and oxygen atoms in total. The molecule has 0 atom stereocenters. The molecular formula is C18H21F2N3OS. The number of fused-ring (bicyclic) bond motifs is 2. The minimum absolute atomic E-state index is 0.145. The summed E-state index contributed by atoms with van der Waals surface area (Å²) in [5, 5.41) is 0. The average Bonchev–Trinajstić information content (AvgIpc) is 3.01. The van der Waals surface area contributed by atoms with Crippen molar-refractivity contribution in [3.05, 3.63) is 45.7 Å². The van der Waals surface area contributed by atoms with E-state index in [4.69, 9.17) is 4.74 Å². The molecule has 134 valence electrons. The lowest BCUT2D eigenvalue weighted by Crippen LogP contribution is -2.45. The normalized spacial score (nSPS) is 20.1. The van der Waals surface area contributed by atoms with Gasteiger partial charge < -0.3 is 4.74 Å². The number of piperidine rings is 1. The molecule has 2 aliphatic heterocycles. The van der Waals surface area contributed by atoms with Gasteiger partial charge in [0.1, 0.15) is 11.9 Å². The highest BCUT2D eigenvalue weighted by molar-refractivity contribution is 7.12. The number of aromatic nitrogens is 2. The molecule has 2 aromatic rings. The molecule has 0 bridgehead atoms. The first kappa shape index (κ1) is 17.0. The highest BCUT2D eigenvalue weighted by Gasteiger charge is 2.42. The summed E-state index contributed by atoms with van der Waals surface area (Å²) in [4.78, 5) is 12.5. The van der Waals surface area contributed by atoms with Crippen molar-refractivity contribution in [2.45, 2.75) is 44.3 Å². The topological polar surface area (TPSA) is 38.2 Å². The number of rotatable bonds is 4. The Balaban J connectivity index is 1.47. The molecule has 7 heteroatoms. The highest BCUT2D eigenvalue weighted by Crippen LogP contribution is 2.45. The molecule has 1 fully saturated rings. The second-order valence-corrected chi connectivity index (χ2v) is 7.91. The van der Waals surface area contributed by atoms with E-state index in [9.17, 15) is 8.78 Å². The van der Waals surface area contributed by atoms with Crippen LogP contribution in [-0.2, 0) is 29.7 Å². The lowest BCUT2D eigenvalue weighted by Gasteiger charge is -2.43. The molecule has 1 spiro atoms. The molecular weight excluding hydrogens is 344 g/mol. The Hall–Kier alpha value is -1.44. The second kappa shape index (κ2) is 7.05. The Kier molecular flexibility index (Phi) is 4.80. The standard InChI is InChI=1S/C18H21F2N3OS/c19-16(20)8-15-7-14-1-6-24-18(17(14)25-15)2-4-23(5-3-18)11-13-9-21-12-22-10-13/h7,9-10,12,16H,1-6,8,11H2. The minimum atomic E-state index is -2.29. The number of halogens is 2. The van der Waals surface area contributed by atoms with Crippen LogP contribution in [0.5, 0.6) is 0 Å². The Morgan fingerprint density at radius 1 is 1.24 bits per heavy atom. The minimum Gasteiger partial charge on any atom is -0.369 e. The number of hydrogen-bond acceptors (Lipinski definition) is 5. The van der Waals surface area contributed by atoms with Crippen LogP contribution >= 0.6 is 11.3 Å². The number of nitrogens with zero attached hydrogens (tertiary/aromatic N) is 3. The van der Waals surface area contributed by atoms with Gasteiger partial charge in [-0.3, -0.25) is 4.90 Å². The van der Waals surface area contributed by atoms with Gasteiger partial charge in [0.05, 0.1) is 6.61 Å². The van der Waals surface area contributed by atoms with Crippen molar-refractivity contribution in [1.82, 2.24) is 14.9 Å². The van der Waals surface area contributed by atoms with Gasteiger partial charge in [0.15, 0.2) is 0 Å². The fourth-order valence-electron chi connectivity index (χ4n) is 3.85. The third-order valence-electron chi connectivity index (χ3n) is 5.06. The van der Waals surface area contributed by atoms with Crippen molar-refractivity contribution in [3.8, 4) is 0 Å². The van der Waals surface area contributed by atoms with Crippen LogP contribution in [0.4, 0.5) is 8.78 Å². The predicted molar refractivity (Wildman–Crippen MR) is 91.9 cm³/mol. The summed E-state index contributed by atoms with van der Waals surface area (Å²) in [6.45, 7) is 3.38. The van der Waals surface area contributed by atoms with Gasteiger partial charge >= 0.3 is 0 Å². The van der Waals surface area contributed by atoms with Crippen molar-refractivity contribution in [1.29, 1.82) is 0 Å². The third kappa shape index (κ3) is 3.59. The maximum atomic E-state index is 12.7. The van der Waals surface area contributed by atoms with Crippen LogP contribution in [0.1, 0.15) is 33.7 Å². The quantitative estimate of drug-likeness (QED) is 0.832. The van der Waals surface area contributed by atoms with Crippen LogP contribution < -0.4 is 0 Å². The highest BCUT2D eigenvalue weighted by atomic mass is 32.1. The molecule has 4 heterocycles. The van der Waals surface area contributed by atoms with Crippen LogP contribution in [0, 0.1) is 0 Å².